The molecule has 0 radical (unpaired) electrons. The van der Waals surface area contributed by atoms with Crippen LogP contribution in [0.1, 0.15) is 30.6 Å². The number of aromatic nitrogens is 3. The molecule has 116 valence electrons. The zero-order valence-electron chi connectivity index (χ0n) is 12.7. The highest BCUT2D eigenvalue weighted by Gasteiger charge is 2.33. The Bertz CT molecular complexity index is 709. The first-order valence-electron chi connectivity index (χ1n) is 7.45. The molecule has 0 saturated carbocycles. The van der Waals surface area contributed by atoms with E-state index in [0.29, 0.717) is 42.0 Å². The summed E-state index contributed by atoms with van der Waals surface area (Å²) < 4.78 is 0. The first-order valence-corrected chi connectivity index (χ1v) is 7.45. The van der Waals surface area contributed by atoms with Gasteiger partial charge in [0.1, 0.15) is 17.1 Å². The van der Waals surface area contributed by atoms with Crippen LogP contribution in [0.15, 0.2) is 18.2 Å². The Morgan fingerprint density at radius 3 is 2.91 bits per heavy atom. The number of H-pyrrole nitrogens is 1. The summed E-state index contributed by atoms with van der Waals surface area (Å²) in [4.78, 5) is 26.6. The molecule has 22 heavy (non-hydrogen) atoms. The Kier molecular flexibility index (Phi) is 3.79. The van der Waals surface area contributed by atoms with Crippen LogP contribution in [0.25, 0.3) is 11.0 Å². The minimum atomic E-state index is -0.408. The molecule has 2 amide bonds. The molecule has 1 aliphatic heterocycles. The van der Waals surface area contributed by atoms with Gasteiger partial charge >= 0.3 is 0 Å². The van der Waals surface area contributed by atoms with Crippen molar-refractivity contribution in [3.63, 3.8) is 0 Å². The van der Waals surface area contributed by atoms with Gasteiger partial charge in [-0.05, 0) is 30.5 Å². The maximum Gasteiger partial charge on any atom is 0.254 e. The van der Waals surface area contributed by atoms with Gasteiger partial charge in [-0.1, -0.05) is 13.8 Å². The zero-order valence-corrected chi connectivity index (χ0v) is 12.7. The quantitative estimate of drug-likeness (QED) is 0.883. The van der Waals surface area contributed by atoms with Gasteiger partial charge in [0.15, 0.2) is 0 Å². The lowest BCUT2D eigenvalue weighted by Gasteiger charge is -2.36. The van der Waals surface area contributed by atoms with Gasteiger partial charge in [-0.2, -0.15) is 15.4 Å². The number of aromatic amines is 1. The van der Waals surface area contributed by atoms with E-state index in [2.05, 4.69) is 20.7 Å². The third-order valence-corrected chi connectivity index (χ3v) is 3.85. The topological polar surface area (TPSA) is 91.0 Å². The Balaban J connectivity index is 1.89. The number of amides is 2. The van der Waals surface area contributed by atoms with Crippen LogP contribution in [0, 0.1) is 5.92 Å². The summed E-state index contributed by atoms with van der Waals surface area (Å²) in [5, 5.41) is 13.4. The van der Waals surface area contributed by atoms with Crippen molar-refractivity contribution < 1.29 is 9.59 Å². The van der Waals surface area contributed by atoms with E-state index in [-0.39, 0.29) is 11.8 Å². The number of benzene rings is 1. The Hall–Kier alpha value is -2.44. The lowest BCUT2D eigenvalue weighted by atomic mass is 9.99. The number of carbonyl (C=O) groups is 2. The molecule has 1 saturated heterocycles. The Labute approximate surface area is 128 Å². The maximum absolute atomic E-state index is 12.8. The number of nitrogens with one attached hydrogen (secondary N) is 2. The molecule has 1 atom stereocenters. The minimum Gasteiger partial charge on any atom is -0.353 e. The normalized spacial score (nSPS) is 18.8. The van der Waals surface area contributed by atoms with Crippen LogP contribution in [0.3, 0.4) is 0 Å². The highest BCUT2D eigenvalue weighted by molar-refractivity contribution is 6.00. The Morgan fingerprint density at radius 2 is 2.14 bits per heavy atom. The van der Waals surface area contributed by atoms with Gasteiger partial charge in [0, 0.05) is 18.7 Å². The predicted octanol–water partition coefficient (Wildman–Crippen LogP) is 0.945. The zero-order chi connectivity index (χ0) is 15.7. The van der Waals surface area contributed by atoms with Crippen molar-refractivity contribution >= 4 is 22.8 Å². The van der Waals surface area contributed by atoms with Gasteiger partial charge in [0.2, 0.25) is 5.91 Å². The van der Waals surface area contributed by atoms with Crippen LogP contribution < -0.4 is 5.32 Å². The van der Waals surface area contributed by atoms with Crippen LogP contribution >= 0.6 is 0 Å². The van der Waals surface area contributed by atoms with E-state index in [1.165, 1.54) is 0 Å². The second-order valence-electron chi connectivity index (χ2n) is 5.96. The summed E-state index contributed by atoms with van der Waals surface area (Å²) in [6, 6.07) is 4.79. The van der Waals surface area contributed by atoms with Crippen LogP contribution in [0.4, 0.5) is 0 Å². The van der Waals surface area contributed by atoms with Crippen molar-refractivity contribution in [1.29, 1.82) is 0 Å². The fraction of sp³-hybridized carbons (Fsp3) is 0.467. The Morgan fingerprint density at radius 1 is 1.36 bits per heavy atom. The highest BCUT2D eigenvalue weighted by Crippen LogP contribution is 2.19. The average Bonchev–Trinajstić information content (AvgIpc) is 2.95. The maximum atomic E-state index is 12.8. The summed E-state index contributed by atoms with van der Waals surface area (Å²) in [6.45, 7) is 5.11. The molecular formula is C15H19N5O2. The van der Waals surface area contributed by atoms with Crippen molar-refractivity contribution in [2.45, 2.75) is 26.3 Å². The first kappa shape index (κ1) is 14.5. The van der Waals surface area contributed by atoms with Gasteiger partial charge < -0.3 is 10.2 Å². The lowest BCUT2D eigenvalue weighted by Crippen LogP contribution is -2.57. The molecule has 1 fully saturated rings. The molecule has 2 aromatic rings. The molecule has 0 bridgehead atoms. The number of fused-ring (bicyclic) bond motifs is 1. The predicted molar refractivity (Wildman–Crippen MR) is 81.2 cm³/mol. The summed E-state index contributed by atoms with van der Waals surface area (Å²) in [7, 11) is 0. The summed E-state index contributed by atoms with van der Waals surface area (Å²) in [5.74, 6) is 0.128. The van der Waals surface area contributed by atoms with E-state index in [4.69, 9.17) is 0 Å². The van der Waals surface area contributed by atoms with Crippen molar-refractivity contribution in [2.24, 2.45) is 5.92 Å². The smallest absolute Gasteiger partial charge is 0.254 e. The second-order valence-corrected chi connectivity index (χ2v) is 5.96. The number of rotatable bonds is 3. The monoisotopic (exact) mass is 301 g/mol. The molecular weight excluding hydrogens is 282 g/mol. The third kappa shape index (κ3) is 2.66. The van der Waals surface area contributed by atoms with Gasteiger partial charge in [-0.3, -0.25) is 9.59 Å². The fourth-order valence-corrected chi connectivity index (χ4v) is 2.78. The molecule has 1 aliphatic rings. The third-order valence-electron chi connectivity index (χ3n) is 3.85. The van der Waals surface area contributed by atoms with Gasteiger partial charge in [-0.15, -0.1) is 0 Å². The highest BCUT2D eigenvalue weighted by atomic mass is 16.2. The van der Waals surface area contributed by atoms with Crippen molar-refractivity contribution in [2.75, 3.05) is 13.1 Å². The number of hydrogen-bond acceptors (Lipinski definition) is 4. The van der Waals surface area contributed by atoms with E-state index >= 15 is 0 Å². The fourth-order valence-electron chi connectivity index (χ4n) is 2.78. The standard InChI is InChI=1S/C15H19N5O2/c1-9(2)7-13-14(21)16-5-6-20(13)15(22)10-3-4-11-12(8-10)18-19-17-11/h3-4,8-9,13H,5-7H2,1-2H3,(H,16,21)(H,17,18,19). The van der Waals surface area contributed by atoms with Crippen LogP contribution in [-0.2, 0) is 4.79 Å². The van der Waals surface area contributed by atoms with Gasteiger partial charge in [-0.25, -0.2) is 0 Å². The van der Waals surface area contributed by atoms with E-state index in [9.17, 15) is 9.59 Å². The number of hydrogen-bond donors (Lipinski definition) is 2. The number of carbonyl (C=O) groups excluding carboxylic acids is 2. The number of piperazine rings is 1. The van der Waals surface area contributed by atoms with E-state index < -0.39 is 6.04 Å². The molecule has 2 heterocycles. The molecule has 0 aliphatic carbocycles. The lowest BCUT2D eigenvalue weighted by molar-refractivity contribution is -0.128. The van der Waals surface area contributed by atoms with Crippen molar-refractivity contribution in [3.05, 3.63) is 23.8 Å². The van der Waals surface area contributed by atoms with Crippen LogP contribution in [0.5, 0.6) is 0 Å². The molecule has 0 spiro atoms. The molecule has 7 nitrogen and oxygen atoms in total. The second kappa shape index (κ2) is 5.75. The van der Waals surface area contributed by atoms with Crippen LogP contribution in [0.2, 0.25) is 0 Å². The first-order chi connectivity index (χ1) is 10.6. The summed E-state index contributed by atoms with van der Waals surface area (Å²) >= 11 is 0. The van der Waals surface area contributed by atoms with Gasteiger partial charge in [0.25, 0.3) is 5.91 Å². The van der Waals surface area contributed by atoms with E-state index in [1.54, 1.807) is 23.1 Å². The average molecular weight is 301 g/mol. The minimum absolute atomic E-state index is 0.0733. The molecule has 1 aromatic heterocycles. The summed E-state index contributed by atoms with van der Waals surface area (Å²) in [5.41, 5.74) is 1.89. The molecule has 7 heteroatoms. The largest absolute Gasteiger partial charge is 0.353 e. The molecule has 2 N–H and O–H groups in total. The molecule has 3 rings (SSSR count). The van der Waals surface area contributed by atoms with Crippen molar-refractivity contribution in [1.82, 2.24) is 25.6 Å². The van der Waals surface area contributed by atoms with Crippen LogP contribution in [-0.4, -0.2) is 51.3 Å². The van der Waals surface area contributed by atoms with E-state index in [1.807, 2.05) is 13.8 Å². The van der Waals surface area contributed by atoms with Crippen molar-refractivity contribution in [3.8, 4) is 0 Å². The van der Waals surface area contributed by atoms with E-state index in [0.717, 1.165) is 0 Å². The van der Waals surface area contributed by atoms with Gasteiger partial charge in [0.05, 0.1) is 0 Å². The summed E-state index contributed by atoms with van der Waals surface area (Å²) in [6.07, 6.45) is 0.657. The molecule has 1 aromatic carbocycles. The SMILES string of the molecule is CC(C)CC1C(=O)NCCN1C(=O)c1ccc2n[nH]nc2c1. The number of nitrogens with zero attached hydrogens (tertiary/aromatic N) is 3. The molecule has 1 unspecified atom stereocenters.